The number of ether oxygens (including phenoxy) is 1. The van der Waals surface area contributed by atoms with Gasteiger partial charge in [-0.3, -0.25) is 4.79 Å². The standard InChI is InChI=1S/C22H22F3N3O2/c23-22(24,25)18-8-6-17(7-9-18)16-4-2-15(3-5-16)12-19(13-26)28-21(29)20-14-27-10-1-11-30-20/h2-9,19-20,27H,1,10-12,14H2,(H,28,29). The van der Waals surface area contributed by atoms with Crippen LogP contribution >= 0.6 is 0 Å². The lowest BCUT2D eigenvalue weighted by Crippen LogP contribution is -2.46. The summed E-state index contributed by atoms with van der Waals surface area (Å²) in [5.41, 5.74) is 1.57. The van der Waals surface area contributed by atoms with E-state index in [1.165, 1.54) is 12.1 Å². The molecular weight excluding hydrogens is 395 g/mol. The summed E-state index contributed by atoms with van der Waals surface area (Å²) in [5, 5.41) is 15.2. The summed E-state index contributed by atoms with van der Waals surface area (Å²) in [6, 6.07) is 13.5. The summed E-state index contributed by atoms with van der Waals surface area (Å²) < 4.78 is 43.6. The van der Waals surface area contributed by atoms with E-state index < -0.39 is 23.9 Å². The van der Waals surface area contributed by atoms with Gasteiger partial charge in [-0.05, 0) is 41.8 Å². The molecule has 2 atom stereocenters. The molecule has 3 rings (SSSR count). The van der Waals surface area contributed by atoms with Crippen molar-refractivity contribution in [2.45, 2.75) is 31.2 Å². The minimum absolute atomic E-state index is 0.315. The molecule has 2 N–H and O–H groups in total. The molecule has 0 spiro atoms. The van der Waals surface area contributed by atoms with Crippen LogP contribution in [0.4, 0.5) is 13.2 Å². The van der Waals surface area contributed by atoms with Crippen LogP contribution < -0.4 is 10.6 Å². The maximum Gasteiger partial charge on any atom is 0.416 e. The number of nitrogens with zero attached hydrogens (tertiary/aromatic N) is 1. The molecule has 8 heteroatoms. The quantitative estimate of drug-likeness (QED) is 0.783. The molecule has 1 heterocycles. The Kier molecular flexibility index (Phi) is 7.08. The molecule has 2 aromatic rings. The highest BCUT2D eigenvalue weighted by atomic mass is 19.4. The Morgan fingerprint density at radius 2 is 1.80 bits per heavy atom. The first-order chi connectivity index (χ1) is 14.4. The van der Waals surface area contributed by atoms with E-state index in [9.17, 15) is 23.2 Å². The molecule has 0 bridgehead atoms. The van der Waals surface area contributed by atoms with E-state index in [4.69, 9.17) is 4.74 Å². The average molecular weight is 417 g/mol. The first-order valence-electron chi connectivity index (χ1n) is 9.65. The van der Waals surface area contributed by atoms with E-state index in [-0.39, 0.29) is 5.91 Å². The number of nitrogens with one attached hydrogen (secondary N) is 2. The van der Waals surface area contributed by atoms with Gasteiger partial charge in [-0.15, -0.1) is 0 Å². The second-order valence-corrected chi connectivity index (χ2v) is 7.08. The number of amides is 1. The number of carbonyl (C=O) groups is 1. The van der Waals surface area contributed by atoms with Gasteiger partial charge in [0.2, 0.25) is 0 Å². The maximum absolute atomic E-state index is 12.7. The van der Waals surface area contributed by atoms with Crippen molar-refractivity contribution in [2.75, 3.05) is 19.7 Å². The summed E-state index contributed by atoms with van der Waals surface area (Å²) in [6.45, 7) is 1.69. The number of nitriles is 1. The van der Waals surface area contributed by atoms with Gasteiger partial charge >= 0.3 is 6.18 Å². The summed E-state index contributed by atoms with van der Waals surface area (Å²) in [7, 11) is 0. The lowest BCUT2D eigenvalue weighted by Gasteiger charge is -2.18. The predicted molar refractivity (Wildman–Crippen MR) is 105 cm³/mol. The molecule has 158 valence electrons. The van der Waals surface area contributed by atoms with Crippen molar-refractivity contribution in [1.29, 1.82) is 5.26 Å². The molecule has 1 aliphatic rings. The molecule has 1 amide bonds. The van der Waals surface area contributed by atoms with Gasteiger partial charge in [-0.1, -0.05) is 36.4 Å². The maximum atomic E-state index is 12.7. The van der Waals surface area contributed by atoms with Gasteiger partial charge in [0.15, 0.2) is 0 Å². The fourth-order valence-corrected chi connectivity index (χ4v) is 3.20. The molecule has 0 saturated carbocycles. The van der Waals surface area contributed by atoms with Crippen LogP contribution in [0.25, 0.3) is 11.1 Å². The topological polar surface area (TPSA) is 74.2 Å². The second kappa shape index (κ2) is 9.74. The van der Waals surface area contributed by atoms with E-state index in [0.29, 0.717) is 25.1 Å². The van der Waals surface area contributed by atoms with Crippen molar-refractivity contribution in [3.8, 4) is 17.2 Å². The van der Waals surface area contributed by atoms with Crippen LogP contribution in [0.3, 0.4) is 0 Å². The molecule has 0 aromatic heterocycles. The molecule has 0 radical (unpaired) electrons. The molecule has 1 aliphatic heterocycles. The van der Waals surface area contributed by atoms with Gasteiger partial charge in [-0.25, -0.2) is 0 Å². The van der Waals surface area contributed by atoms with Gasteiger partial charge < -0.3 is 15.4 Å². The third-order valence-corrected chi connectivity index (χ3v) is 4.85. The molecule has 1 saturated heterocycles. The first kappa shape index (κ1) is 21.8. The third kappa shape index (κ3) is 5.81. The van der Waals surface area contributed by atoms with Gasteiger partial charge in [0.05, 0.1) is 11.6 Å². The second-order valence-electron chi connectivity index (χ2n) is 7.08. The van der Waals surface area contributed by atoms with Crippen LogP contribution in [0.1, 0.15) is 17.5 Å². The average Bonchev–Trinajstić information content (AvgIpc) is 3.03. The minimum Gasteiger partial charge on any atom is -0.367 e. The number of carbonyl (C=O) groups excluding carboxylic acids is 1. The van der Waals surface area contributed by atoms with Crippen LogP contribution in [0.5, 0.6) is 0 Å². The molecule has 2 aromatic carbocycles. The summed E-state index contributed by atoms with van der Waals surface area (Å²) in [5.74, 6) is -0.322. The first-order valence-corrected chi connectivity index (χ1v) is 9.65. The largest absolute Gasteiger partial charge is 0.416 e. The zero-order chi connectivity index (χ0) is 21.6. The highest BCUT2D eigenvalue weighted by molar-refractivity contribution is 5.81. The Hall–Kier alpha value is -2.89. The van der Waals surface area contributed by atoms with Crippen molar-refractivity contribution in [3.63, 3.8) is 0 Å². The van der Waals surface area contributed by atoms with Gasteiger partial charge in [-0.2, -0.15) is 18.4 Å². The minimum atomic E-state index is -4.36. The van der Waals surface area contributed by atoms with Gasteiger partial charge in [0, 0.05) is 19.6 Å². The Morgan fingerprint density at radius 1 is 1.17 bits per heavy atom. The Balaban J connectivity index is 1.61. The number of alkyl halides is 3. The Bertz CT molecular complexity index is 882. The van der Waals surface area contributed by atoms with Crippen LogP contribution in [0.2, 0.25) is 0 Å². The van der Waals surface area contributed by atoms with Crippen LogP contribution in [-0.2, 0) is 22.1 Å². The van der Waals surface area contributed by atoms with E-state index in [0.717, 1.165) is 36.2 Å². The molecular formula is C22H22F3N3O2. The SMILES string of the molecule is N#CC(Cc1ccc(-c2ccc(C(F)(F)F)cc2)cc1)NC(=O)C1CNCCCO1. The molecule has 1 fully saturated rings. The zero-order valence-electron chi connectivity index (χ0n) is 16.2. The summed E-state index contributed by atoms with van der Waals surface area (Å²) >= 11 is 0. The van der Waals surface area contributed by atoms with Crippen LogP contribution in [0, 0.1) is 11.3 Å². The van der Waals surface area contributed by atoms with Crippen LogP contribution in [-0.4, -0.2) is 37.7 Å². The lowest BCUT2D eigenvalue weighted by atomic mass is 10.00. The fourth-order valence-electron chi connectivity index (χ4n) is 3.20. The molecule has 0 aliphatic carbocycles. The van der Waals surface area contributed by atoms with E-state index in [1.54, 1.807) is 24.3 Å². The summed E-state index contributed by atoms with van der Waals surface area (Å²) in [6.07, 6.45) is -3.84. The molecule has 30 heavy (non-hydrogen) atoms. The third-order valence-electron chi connectivity index (χ3n) is 4.85. The van der Waals surface area contributed by atoms with Crippen molar-refractivity contribution in [1.82, 2.24) is 10.6 Å². The van der Waals surface area contributed by atoms with Crippen molar-refractivity contribution in [2.24, 2.45) is 0 Å². The van der Waals surface area contributed by atoms with E-state index in [2.05, 4.69) is 16.7 Å². The molecule has 5 nitrogen and oxygen atoms in total. The predicted octanol–water partition coefficient (Wildman–Crippen LogP) is 3.30. The number of halogens is 3. The monoisotopic (exact) mass is 417 g/mol. The van der Waals surface area contributed by atoms with Crippen molar-refractivity contribution in [3.05, 3.63) is 59.7 Å². The smallest absolute Gasteiger partial charge is 0.367 e. The van der Waals surface area contributed by atoms with Crippen molar-refractivity contribution < 1.29 is 22.7 Å². The van der Waals surface area contributed by atoms with Crippen molar-refractivity contribution >= 4 is 5.91 Å². The van der Waals surface area contributed by atoms with Gasteiger partial charge in [0.1, 0.15) is 12.1 Å². The number of hydrogen-bond donors (Lipinski definition) is 2. The molecule has 2 unspecified atom stereocenters. The Morgan fingerprint density at radius 3 is 2.40 bits per heavy atom. The summed E-state index contributed by atoms with van der Waals surface area (Å²) in [4.78, 5) is 12.3. The highest BCUT2D eigenvalue weighted by Crippen LogP contribution is 2.31. The number of benzene rings is 2. The van der Waals surface area contributed by atoms with E-state index in [1.807, 2.05) is 0 Å². The van der Waals surface area contributed by atoms with E-state index >= 15 is 0 Å². The van der Waals surface area contributed by atoms with Gasteiger partial charge in [0.25, 0.3) is 5.91 Å². The number of hydrogen-bond acceptors (Lipinski definition) is 4. The normalized spacial score (nSPS) is 18.1. The fraction of sp³-hybridized carbons (Fsp3) is 0.364. The Labute approximate surface area is 172 Å². The lowest BCUT2D eigenvalue weighted by molar-refractivity contribution is -0.137. The number of rotatable bonds is 5. The zero-order valence-corrected chi connectivity index (χ0v) is 16.2. The van der Waals surface area contributed by atoms with Crippen LogP contribution in [0.15, 0.2) is 48.5 Å². The highest BCUT2D eigenvalue weighted by Gasteiger charge is 2.30.